The van der Waals surface area contributed by atoms with E-state index in [2.05, 4.69) is 5.10 Å². The fraction of sp³-hybridized carbons (Fsp3) is 0.909. The van der Waals surface area contributed by atoms with Gasteiger partial charge < -0.3 is 4.74 Å². The number of methoxy groups -OCH3 is 1. The number of hydrogen-bond acceptors (Lipinski definition) is 4. The second-order valence-corrected chi connectivity index (χ2v) is 5.63. The molecule has 0 spiro atoms. The number of rotatable bonds is 6. The molecule has 0 saturated heterocycles. The van der Waals surface area contributed by atoms with E-state index < -0.39 is 24.2 Å². The quantitative estimate of drug-likeness (QED) is 0.748. The van der Waals surface area contributed by atoms with Gasteiger partial charge in [-0.05, 0) is 19.3 Å². The number of nitrogens with zero attached hydrogens (tertiary/aromatic N) is 2. The number of alkyl halides is 3. The van der Waals surface area contributed by atoms with Crippen molar-refractivity contribution in [1.29, 1.82) is 0 Å². The normalized spacial score (nSPS) is 25.2. The van der Waals surface area contributed by atoms with Crippen LogP contribution >= 0.6 is 11.8 Å². The zero-order valence-electron chi connectivity index (χ0n) is 10.5. The van der Waals surface area contributed by atoms with Crippen molar-refractivity contribution in [3.63, 3.8) is 0 Å². The van der Waals surface area contributed by atoms with Crippen molar-refractivity contribution in [2.75, 3.05) is 19.7 Å². The summed E-state index contributed by atoms with van der Waals surface area (Å²) in [5.74, 6) is 0.295. The minimum Gasteiger partial charge on any atom is -0.357 e. The van der Waals surface area contributed by atoms with Crippen LogP contribution in [0.3, 0.4) is 0 Å². The van der Waals surface area contributed by atoms with Crippen LogP contribution in [-0.2, 0) is 4.74 Å². The minimum absolute atomic E-state index is 0.209. The Labute approximate surface area is 109 Å². The molecule has 1 fully saturated rings. The highest BCUT2D eigenvalue weighted by Crippen LogP contribution is 2.59. The highest BCUT2D eigenvalue weighted by molar-refractivity contribution is 8.14. The van der Waals surface area contributed by atoms with Crippen LogP contribution in [0.15, 0.2) is 5.10 Å². The number of hydrazone groups is 1. The predicted octanol–water partition coefficient (Wildman–Crippen LogP) is 3.07. The zero-order valence-corrected chi connectivity index (χ0v) is 11.3. The molecule has 1 saturated carbocycles. The van der Waals surface area contributed by atoms with Crippen LogP contribution in [0.4, 0.5) is 13.2 Å². The standard InChI is InChI=1S/C11H17F3N2OS/c1-3-11(17-2,10(6-12)4-5-10)16-7-18-9(15-16)8(13)14/h8H,3-7H2,1-2H3. The van der Waals surface area contributed by atoms with Gasteiger partial charge in [0.15, 0.2) is 10.8 Å². The molecule has 1 atom stereocenters. The fourth-order valence-electron chi connectivity index (χ4n) is 2.67. The van der Waals surface area contributed by atoms with Crippen LogP contribution in [0.5, 0.6) is 0 Å². The maximum absolute atomic E-state index is 13.3. The third-order valence-electron chi connectivity index (χ3n) is 3.91. The summed E-state index contributed by atoms with van der Waals surface area (Å²) in [6.45, 7) is 1.37. The lowest BCUT2D eigenvalue weighted by Gasteiger charge is -2.43. The Morgan fingerprint density at radius 3 is 2.56 bits per heavy atom. The van der Waals surface area contributed by atoms with Crippen LogP contribution in [-0.4, -0.2) is 41.9 Å². The lowest BCUT2D eigenvalue weighted by molar-refractivity contribution is -0.183. The molecule has 1 aliphatic heterocycles. The van der Waals surface area contributed by atoms with E-state index in [1.165, 1.54) is 12.1 Å². The summed E-state index contributed by atoms with van der Waals surface area (Å²) in [6.07, 6.45) is -0.627. The molecule has 1 heterocycles. The molecule has 2 aliphatic rings. The van der Waals surface area contributed by atoms with Crippen molar-refractivity contribution in [3.8, 4) is 0 Å². The van der Waals surface area contributed by atoms with Crippen LogP contribution in [0, 0.1) is 5.41 Å². The molecule has 0 radical (unpaired) electrons. The molecular formula is C11H17F3N2OS. The van der Waals surface area contributed by atoms with E-state index in [0.29, 0.717) is 25.1 Å². The van der Waals surface area contributed by atoms with Gasteiger partial charge in [0.2, 0.25) is 0 Å². The molecule has 1 unspecified atom stereocenters. The van der Waals surface area contributed by atoms with Gasteiger partial charge in [0.25, 0.3) is 6.43 Å². The number of ether oxygens (including phenoxy) is 1. The predicted molar refractivity (Wildman–Crippen MR) is 65.4 cm³/mol. The summed E-state index contributed by atoms with van der Waals surface area (Å²) in [6, 6.07) is 0. The zero-order chi connectivity index (χ0) is 13.4. The smallest absolute Gasteiger partial charge is 0.288 e. The van der Waals surface area contributed by atoms with Gasteiger partial charge in [-0.25, -0.2) is 8.78 Å². The van der Waals surface area contributed by atoms with Gasteiger partial charge in [0, 0.05) is 12.5 Å². The van der Waals surface area contributed by atoms with Gasteiger partial charge in [-0.3, -0.25) is 9.40 Å². The highest BCUT2D eigenvalue weighted by atomic mass is 32.2. The third-order valence-corrected chi connectivity index (χ3v) is 4.84. The molecule has 1 aliphatic carbocycles. The lowest BCUT2D eigenvalue weighted by atomic mass is 9.90. The first-order chi connectivity index (χ1) is 8.55. The second-order valence-electron chi connectivity index (χ2n) is 4.67. The monoisotopic (exact) mass is 282 g/mol. The van der Waals surface area contributed by atoms with Gasteiger partial charge >= 0.3 is 0 Å². The molecule has 3 nitrogen and oxygen atoms in total. The summed E-state index contributed by atoms with van der Waals surface area (Å²) < 4.78 is 44.1. The SMILES string of the molecule is CCC(OC)(N1CSC(C(F)F)=N1)C1(CF)CC1. The van der Waals surface area contributed by atoms with E-state index in [4.69, 9.17) is 4.74 Å². The molecule has 0 aromatic carbocycles. The van der Waals surface area contributed by atoms with Gasteiger partial charge in [-0.1, -0.05) is 18.7 Å². The maximum Gasteiger partial charge on any atom is 0.288 e. The summed E-state index contributed by atoms with van der Waals surface area (Å²) in [4.78, 5) is 0. The lowest BCUT2D eigenvalue weighted by Crippen LogP contribution is -2.54. The van der Waals surface area contributed by atoms with Gasteiger partial charge in [-0.2, -0.15) is 5.10 Å². The van der Waals surface area contributed by atoms with Crippen molar-refractivity contribution >= 4 is 16.8 Å². The Bertz CT molecular complexity index is 343. The topological polar surface area (TPSA) is 24.8 Å². The molecule has 7 heteroatoms. The van der Waals surface area contributed by atoms with Crippen LogP contribution < -0.4 is 0 Å². The first kappa shape index (κ1) is 14.0. The first-order valence-corrected chi connectivity index (χ1v) is 6.92. The molecule has 0 aromatic heterocycles. The second kappa shape index (κ2) is 4.92. The summed E-state index contributed by atoms with van der Waals surface area (Å²) >= 11 is 0.994. The fourth-order valence-corrected chi connectivity index (χ4v) is 3.48. The number of halogens is 3. The van der Waals surface area contributed by atoms with E-state index in [1.54, 1.807) is 0 Å². The summed E-state index contributed by atoms with van der Waals surface area (Å²) in [5.41, 5.74) is -1.48. The van der Waals surface area contributed by atoms with Gasteiger partial charge in [0.1, 0.15) is 0 Å². The molecule has 2 rings (SSSR count). The van der Waals surface area contributed by atoms with Gasteiger partial charge in [-0.15, -0.1) is 0 Å². The Morgan fingerprint density at radius 1 is 1.56 bits per heavy atom. The van der Waals surface area contributed by atoms with Crippen LogP contribution in [0.25, 0.3) is 0 Å². The van der Waals surface area contributed by atoms with Crippen molar-refractivity contribution < 1.29 is 17.9 Å². The average molecular weight is 282 g/mol. The highest BCUT2D eigenvalue weighted by Gasteiger charge is 2.63. The largest absolute Gasteiger partial charge is 0.357 e. The molecule has 0 bridgehead atoms. The van der Waals surface area contributed by atoms with Gasteiger partial charge in [0.05, 0.1) is 12.6 Å². The van der Waals surface area contributed by atoms with E-state index in [1.807, 2.05) is 6.92 Å². The summed E-state index contributed by atoms with van der Waals surface area (Å²) in [7, 11) is 1.50. The maximum atomic E-state index is 13.3. The van der Waals surface area contributed by atoms with Crippen molar-refractivity contribution in [2.24, 2.45) is 10.5 Å². The Hall–Kier alpha value is -0.430. The van der Waals surface area contributed by atoms with Crippen molar-refractivity contribution in [1.82, 2.24) is 5.01 Å². The molecule has 0 aromatic rings. The number of hydrogen-bond donors (Lipinski definition) is 0. The molecule has 104 valence electrons. The average Bonchev–Trinajstić information content (AvgIpc) is 3.01. The van der Waals surface area contributed by atoms with Crippen LogP contribution in [0.1, 0.15) is 26.2 Å². The Kier molecular flexibility index (Phi) is 3.82. The van der Waals surface area contributed by atoms with Crippen LogP contribution in [0.2, 0.25) is 0 Å². The molecule has 0 N–H and O–H groups in total. The first-order valence-electron chi connectivity index (χ1n) is 5.93. The molecular weight excluding hydrogens is 265 g/mol. The minimum atomic E-state index is -2.58. The molecule has 18 heavy (non-hydrogen) atoms. The van der Waals surface area contributed by atoms with E-state index in [-0.39, 0.29) is 5.04 Å². The Morgan fingerprint density at radius 2 is 2.22 bits per heavy atom. The summed E-state index contributed by atoms with van der Waals surface area (Å²) in [5, 5.41) is 5.22. The van der Waals surface area contributed by atoms with E-state index in [0.717, 1.165) is 11.8 Å². The van der Waals surface area contributed by atoms with Crippen molar-refractivity contribution in [3.05, 3.63) is 0 Å². The van der Waals surface area contributed by atoms with E-state index in [9.17, 15) is 13.2 Å². The Balaban J connectivity index is 2.27. The van der Waals surface area contributed by atoms with Crippen molar-refractivity contribution in [2.45, 2.75) is 38.3 Å². The number of thioether (sulfide) groups is 1. The molecule has 0 amide bonds. The third kappa shape index (κ3) is 1.91. The van der Waals surface area contributed by atoms with E-state index >= 15 is 0 Å².